The SMILES string of the molecule is NNC(c1cccs1)c1ncccc1Cl. The summed E-state index contributed by atoms with van der Waals surface area (Å²) in [6.45, 7) is 0. The van der Waals surface area contributed by atoms with Crippen LogP contribution in [0.5, 0.6) is 0 Å². The van der Waals surface area contributed by atoms with E-state index in [1.807, 2.05) is 23.6 Å². The molecule has 1 unspecified atom stereocenters. The molecule has 0 aromatic carbocycles. The Morgan fingerprint density at radius 2 is 2.27 bits per heavy atom. The minimum absolute atomic E-state index is 0.140. The Morgan fingerprint density at radius 1 is 1.40 bits per heavy atom. The van der Waals surface area contributed by atoms with E-state index in [0.29, 0.717) is 5.02 Å². The second-order valence-electron chi connectivity index (χ2n) is 2.99. The van der Waals surface area contributed by atoms with E-state index >= 15 is 0 Å². The number of nitrogens with two attached hydrogens (primary N) is 1. The maximum absolute atomic E-state index is 6.06. The average Bonchev–Trinajstić information content (AvgIpc) is 2.75. The van der Waals surface area contributed by atoms with Gasteiger partial charge in [0.25, 0.3) is 0 Å². The van der Waals surface area contributed by atoms with Gasteiger partial charge in [-0.3, -0.25) is 10.8 Å². The van der Waals surface area contributed by atoms with E-state index in [1.165, 1.54) is 0 Å². The number of halogens is 1. The Morgan fingerprint density at radius 3 is 2.87 bits per heavy atom. The molecule has 0 saturated heterocycles. The minimum Gasteiger partial charge on any atom is -0.270 e. The minimum atomic E-state index is -0.140. The zero-order chi connectivity index (χ0) is 10.7. The van der Waals surface area contributed by atoms with E-state index < -0.39 is 0 Å². The highest BCUT2D eigenvalue weighted by molar-refractivity contribution is 7.10. The van der Waals surface area contributed by atoms with Gasteiger partial charge >= 0.3 is 0 Å². The molecular formula is C10H10ClN3S. The molecule has 0 amide bonds. The van der Waals surface area contributed by atoms with Gasteiger partial charge in [-0.1, -0.05) is 17.7 Å². The van der Waals surface area contributed by atoms with Gasteiger partial charge in [0.2, 0.25) is 0 Å². The Hall–Kier alpha value is -0.940. The smallest absolute Gasteiger partial charge is 0.0988 e. The number of thiophene rings is 1. The summed E-state index contributed by atoms with van der Waals surface area (Å²) in [5, 5.41) is 2.62. The summed E-state index contributed by atoms with van der Waals surface area (Å²) < 4.78 is 0. The summed E-state index contributed by atoms with van der Waals surface area (Å²) in [7, 11) is 0. The monoisotopic (exact) mass is 239 g/mol. The molecule has 0 aliphatic carbocycles. The number of hydrogen-bond acceptors (Lipinski definition) is 4. The first-order valence-corrected chi connectivity index (χ1v) is 5.68. The van der Waals surface area contributed by atoms with Crippen LogP contribution in [0, 0.1) is 0 Å². The number of pyridine rings is 1. The Labute approximate surface area is 96.9 Å². The van der Waals surface area contributed by atoms with E-state index in [-0.39, 0.29) is 6.04 Å². The van der Waals surface area contributed by atoms with Crippen molar-refractivity contribution in [3.63, 3.8) is 0 Å². The van der Waals surface area contributed by atoms with Crippen molar-refractivity contribution in [2.24, 2.45) is 5.84 Å². The van der Waals surface area contributed by atoms with Crippen LogP contribution >= 0.6 is 22.9 Å². The Bertz CT molecular complexity index is 430. The van der Waals surface area contributed by atoms with Crippen molar-refractivity contribution in [2.45, 2.75) is 6.04 Å². The largest absolute Gasteiger partial charge is 0.270 e. The van der Waals surface area contributed by atoms with Crippen LogP contribution in [0.1, 0.15) is 16.6 Å². The Balaban J connectivity index is 2.40. The molecule has 0 bridgehead atoms. The van der Waals surface area contributed by atoms with E-state index in [2.05, 4.69) is 10.4 Å². The van der Waals surface area contributed by atoms with Gasteiger partial charge < -0.3 is 0 Å². The highest BCUT2D eigenvalue weighted by Gasteiger charge is 2.17. The van der Waals surface area contributed by atoms with Crippen molar-refractivity contribution >= 4 is 22.9 Å². The first kappa shape index (κ1) is 10.6. The van der Waals surface area contributed by atoms with Crippen LogP contribution in [0.25, 0.3) is 0 Å². The molecule has 3 N–H and O–H groups in total. The van der Waals surface area contributed by atoms with Gasteiger partial charge in [0.05, 0.1) is 16.8 Å². The maximum Gasteiger partial charge on any atom is 0.0988 e. The maximum atomic E-state index is 6.06. The normalized spacial score (nSPS) is 12.7. The van der Waals surface area contributed by atoms with Crippen molar-refractivity contribution in [1.29, 1.82) is 0 Å². The van der Waals surface area contributed by atoms with Crippen molar-refractivity contribution in [2.75, 3.05) is 0 Å². The summed E-state index contributed by atoms with van der Waals surface area (Å²) in [6.07, 6.45) is 1.71. The second kappa shape index (κ2) is 4.72. The van der Waals surface area contributed by atoms with Gasteiger partial charge in [0, 0.05) is 11.1 Å². The van der Waals surface area contributed by atoms with Crippen molar-refractivity contribution < 1.29 is 0 Å². The van der Waals surface area contributed by atoms with Crippen LogP contribution in [0.15, 0.2) is 35.8 Å². The topological polar surface area (TPSA) is 50.9 Å². The number of aromatic nitrogens is 1. The number of nitrogens with zero attached hydrogens (tertiary/aromatic N) is 1. The fraction of sp³-hybridized carbons (Fsp3) is 0.100. The van der Waals surface area contributed by atoms with Gasteiger partial charge in [-0.05, 0) is 23.6 Å². The summed E-state index contributed by atoms with van der Waals surface area (Å²) in [5.74, 6) is 5.52. The lowest BCUT2D eigenvalue weighted by Crippen LogP contribution is -2.29. The molecule has 0 aliphatic rings. The van der Waals surface area contributed by atoms with Crippen LogP contribution in [-0.4, -0.2) is 4.98 Å². The third-order valence-electron chi connectivity index (χ3n) is 2.05. The van der Waals surface area contributed by atoms with E-state index in [0.717, 1.165) is 10.6 Å². The average molecular weight is 240 g/mol. The number of hydrogen-bond donors (Lipinski definition) is 2. The van der Waals surface area contributed by atoms with E-state index in [1.54, 1.807) is 23.6 Å². The predicted octanol–water partition coefficient (Wildman–Crippen LogP) is 2.35. The van der Waals surface area contributed by atoms with Crippen LogP contribution in [0.4, 0.5) is 0 Å². The second-order valence-corrected chi connectivity index (χ2v) is 4.37. The lowest BCUT2D eigenvalue weighted by molar-refractivity contribution is 0.630. The molecule has 0 radical (unpaired) electrons. The molecule has 2 rings (SSSR count). The van der Waals surface area contributed by atoms with Crippen LogP contribution in [0.3, 0.4) is 0 Å². The molecule has 5 heteroatoms. The fourth-order valence-electron chi connectivity index (χ4n) is 1.36. The Kier molecular flexibility index (Phi) is 3.33. The molecule has 15 heavy (non-hydrogen) atoms. The molecule has 2 heterocycles. The molecule has 0 aliphatic heterocycles. The first-order chi connectivity index (χ1) is 7.33. The summed E-state index contributed by atoms with van der Waals surface area (Å²) in [5.41, 5.74) is 3.48. The zero-order valence-corrected chi connectivity index (χ0v) is 9.42. The van der Waals surface area contributed by atoms with Gasteiger partial charge in [0.1, 0.15) is 0 Å². The standard InChI is InChI=1S/C10H10ClN3S/c11-7-3-1-5-13-9(7)10(14-12)8-4-2-6-15-8/h1-6,10,14H,12H2. The zero-order valence-electron chi connectivity index (χ0n) is 7.85. The molecule has 0 spiro atoms. The summed E-state index contributed by atoms with van der Waals surface area (Å²) in [6, 6.07) is 7.44. The molecule has 1 atom stereocenters. The molecule has 2 aromatic rings. The van der Waals surface area contributed by atoms with Crippen LogP contribution in [-0.2, 0) is 0 Å². The predicted molar refractivity (Wildman–Crippen MR) is 62.7 cm³/mol. The molecule has 3 nitrogen and oxygen atoms in total. The van der Waals surface area contributed by atoms with Gasteiger partial charge in [-0.15, -0.1) is 11.3 Å². The molecular weight excluding hydrogens is 230 g/mol. The van der Waals surface area contributed by atoms with E-state index in [9.17, 15) is 0 Å². The molecule has 2 aromatic heterocycles. The highest BCUT2D eigenvalue weighted by atomic mass is 35.5. The summed E-state index contributed by atoms with van der Waals surface area (Å²) in [4.78, 5) is 5.33. The lowest BCUT2D eigenvalue weighted by Gasteiger charge is -2.14. The third kappa shape index (κ3) is 2.18. The first-order valence-electron chi connectivity index (χ1n) is 4.43. The number of rotatable bonds is 3. The van der Waals surface area contributed by atoms with Crippen LogP contribution in [0.2, 0.25) is 5.02 Å². The van der Waals surface area contributed by atoms with Gasteiger partial charge in [-0.25, -0.2) is 5.43 Å². The fourth-order valence-corrected chi connectivity index (χ4v) is 2.38. The number of nitrogens with one attached hydrogen (secondary N) is 1. The highest BCUT2D eigenvalue weighted by Crippen LogP contribution is 2.28. The third-order valence-corrected chi connectivity index (χ3v) is 3.31. The van der Waals surface area contributed by atoms with Crippen molar-refractivity contribution in [1.82, 2.24) is 10.4 Å². The molecule has 0 fully saturated rings. The van der Waals surface area contributed by atoms with Crippen molar-refractivity contribution in [3.05, 3.63) is 51.4 Å². The van der Waals surface area contributed by atoms with Crippen LogP contribution < -0.4 is 11.3 Å². The lowest BCUT2D eigenvalue weighted by atomic mass is 10.1. The number of hydrazine groups is 1. The molecule has 78 valence electrons. The quantitative estimate of drug-likeness (QED) is 0.639. The van der Waals surface area contributed by atoms with E-state index in [4.69, 9.17) is 17.4 Å². The molecule has 0 saturated carbocycles. The summed E-state index contributed by atoms with van der Waals surface area (Å²) >= 11 is 7.68. The van der Waals surface area contributed by atoms with Gasteiger partial charge in [0.15, 0.2) is 0 Å². The van der Waals surface area contributed by atoms with Gasteiger partial charge in [-0.2, -0.15) is 0 Å². The van der Waals surface area contributed by atoms with Crippen molar-refractivity contribution in [3.8, 4) is 0 Å².